The number of benzene rings is 2. The van der Waals surface area contributed by atoms with Gasteiger partial charge in [0.2, 0.25) is 0 Å². The van der Waals surface area contributed by atoms with E-state index in [-0.39, 0.29) is 18.6 Å². The van der Waals surface area contributed by atoms with E-state index < -0.39 is 0 Å². The molecule has 3 rings (SSSR count). The predicted molar refractivity (Wildman–Crippen MR) is 106 cm³/mol. The Bertz CT molecular complexity index is 728. The predicted octanol–water partition coefficient (Wildman–Crippen LogP) is 3.22. The summed E-state index contributed by atoms with van der Waals surface area (Å²) in [5.41, 5.74) is 2.29. The summed E-state index contributed by atoms with van der Waals surface area (Å²) in [7, 11) is 0. The number of aryl methyl sites for hydroxylation is 1. The van der Waals surface area contributed by atoms with Crippen LogP contribution in [-0.2, 0) is 9.53 Å². The zero-order valence-corrected chi connectivity index (χ0v) is 16.2. The fourth-order valence-corrected chi connectivity index (χ4v) is 3.12. The van der Waals surface area contributed by atoms with Gasteiger partial charge in [0.25, 0.3) is 5.91 Å². The van der Waals surface area contributed by atoms with Crippen LogP contribution in [0.2, 0.25) is 5.02 Å². The molecule has 1 amide bonds. The fourth-order valence-electron chi connectivity index (χ4n) is 2.99. The van der Waals surface area contributed by atoms with E-state index in [1.165, 1.54) is 5.56 Å². The van der Waals surface area contributed by atoms with Gasteiger partial charge in [0.15, 0.2) is 6.61 Å². The minimum atomic E-state index is -0.149. The minimum Gasteiger partial charge on any atom is -0.484 e. The monoisotopic (exact) mass is 388 g/mol. The van der Waals surface area contributed by atoms with Gasteiger partial charge < -0.3 is 14.8 Å². The van der Waals surface area contributed by atoms with Crippen molar-refractivity contribution in [2.75, 3.05) is 39.5 Å². The van der Waals surface area contributed by atoms with E-state index in [1.807, 2.05) is 0 Å². The highest BCUT2D eigenvalue weighted by atomic mass is 35.5. The summed E-state index contributed by atoms with van der Waals surface area (Å²) in [6.07, 6.45) is 0. The number of nitrogens with zero attached hydrogens (tertiary/aromatic N) is 1. The first kappa shape index (κ1) is 19.7. The van der Waals surface area contributed by atoms with Gasteiger partial charge in [-0.25, -0.2) is 0 Å². The van der Waals surface area contributed by atoms with E-state index in [4.69, 9.17) is 21.1 Å². The molecule has 2 aromatic rings. The number of hydrogen-bond donors (Lipinski definition) is 1. The zero-order chi connectivity index (χ0) is 19.1. The number of amides is 1. The van der Waals surface area contributed by atoms with Gasteiger partial charge in [-0.05, 0) is 36.8 Å². The highest BCUT2D eigenvalue weighted by Crippen LogP contribution is 2.18. The Kier molecular flexibility index (Phi) is 7.10. The van der Waals surface area contributed by atoms with E-state index in [0.717, 1.165) is 38.4 Å². The van der Waals surface area contributed by atoms with Crippen molar-refractivity contribution in [3.05, 3.63) is 64.7 Å². The minimum absolute atomic E-state index is 0.0346. The lowest BCUT2D eigenvalue weighted by Crippen LogP contribution is -2.44. The molecule has 0 aromatic heterocycles. The molecular formula is C21H25ClN2O3. The molecule has 1 atom stereocenters. The lowest BCUT2D eigenvalue weighted by Gasteiger charge is -2.31. The maximum Gasteiger partial charge on any atom is 0.258 e. The molecule has 1 aliphatic heterocycles. The molecule has 5 nitrogen and oxygen atoms in total. The summed E-state index contributed by atoms with van der Waals surface area (Å²) < 4.78 is 11.0. The number of hydrogen-bond acceptors (Lipinski definition) is 4. The Labute approximate surface area is 165 Å². The summed E-state index contributed by atoms with van der Waals surface area (Å²) >= 11 is 5.87. The van der Waals surface area contributed by atoms with E-state index in [1.54, 1.807) is 24.3 Å². The summed E-state index contributed by atoms with van der Waals surface area (Å²) in [6, 6.07) is 15.2. The van der Waals surface area contributed by atoms with Gasteiger partial charge in [0.1, 0.15) is 5.75 Å². The topological polar surface area (TPSA) is 50.8 Å². The number of halogens is 1. The lowest BCUT2D eigenvalue weighted by molar-refractivity contribution is -0.124. The van der Waals surface area contributed by atoms with Gasteiger partial charge in [-0.1, -0.05) is 41.4 Å². The SMILES string of the molecule is Cc1ccc([C@H](CN2CCOCC2)NC(=O)COc2ccc(Cl)cc2)cc1. The number of carbonyl (C=O) groups excluding carboxylic acids is 1. The third kappa shape index (κ3) is 6.24. The van der Waals surface area contributed by atoms with Gasteiger partial charge in [0, 0.05) is 24.7 Å². The Morgan fingerprint density at radius 1 is 1.15 bits per heavy atom. The maximum atomic E-state index is 12.5. The Hall–Kier alpha value is -2.08. The van der Waals surface area contributed by atoms with Crippen LogP contribution in [0.15, 0.2) is 48.5 Å². The summed E-state index contributed by atoms with van der Waals surface area (Å²) in [4.78, 5) is 14.8. The largest absolute Gasteiger partial charge is 0.484 e. The van der Waals surface area contributed by atoms with Crippen LogP contribution in [-0.4, -0.2) is 50.3 Å². The van der Waals surface area contributed by atoms with E-state index in [2.05, 4.69) is 41.4 Å². The van der Waals surface area contributed by atoms with Gasteiger partial charge in [-0.3, -0.25) is 9.69 Å². The van der Waals surface area contributed by atoms with Crippen LogP contribution in [0.1, 0.15) is 17.2 Å². The quantitative estimate of drug-likeness (QED) is 0.791. The van der Waals surface area contributed by atoms with Crippen LogP contribution in [0.3, 0.4) is 0 Å². The molecule has 0 aliphatic carbocycles. The molecule has 0 unspecified atom stereocenters. The molecule has 0 radical (unpaired) electrons. The average Bonchev–Trinajstić information content (AvgIpc) is 2.68. The molecule has 27 heavy (non-hydrogen) atoms. The van der Waals surface area contributed by atoms with Crippen molar-refractivity contribution in [2.24, 2.45) is 0 Å². The first-order chi connectivity index (χ1) is 13.1. The lowest BCUT2D eigenvalue weighted by atomic mass is 10.0. The van der Waals surface area contributed by atoms with Crippen molar-refractivity contribution < 1.29 is 14.3 Å². The zero-order valence-electron chi connectivity index (χ0n) is 15.5. The Morgan fingerprint density at radius 2 is 1.81 bits per heavy atom. The van der Waals surface area contributed by atoms with Crippen molar-refractivity contribution in [1.29, 1.82) is 0 Å². The molecule has 0 spiro atoms. The number of nitrogens with one attached hydrogen (secondary N) is 1. The van der Waals surface area contributed by atoms with Crippen LogP contribution in [0, 0.1) is 6.92 Å². The highest BCUT2D eigenvalue weighted by Gasteiger charge is 2.20. The number of carbonyl (C=O) groups is 1. The van der Waals surface area contributed by atoms with Crippen LogP contribution in [0.4, 0.5) is 0 Å². The van der Waals surface area contributed by atoms with Gasteiger partial charge in [0.05, 0.1) is 19.3 Å². The number of ether oxygens (including phenoxy) is 2. The fraction of sp³-hybridized carbons (Fsp3) is 0.381. The number of morpholine rings is 1. The molecule has 1 aliphatic rings. The standard InChI is InChI=1S/C21H25ClN2O3/c1-16-2-4-17(5-3-16)20(14-24-10-12-26-13-11-24)23-21(25)15-27-19-8-6-18(22)7-9-19/h2-9,20H,10-15H2,1H3,(H,23,25)/t20-/m0/s1. The summed E-state index contributed by atoms with van der Waals surface area (Å²) in [6.45, 7) is 5.98. The number of rotatable bonds is 7. The molecular weight excluding hydrogens is 364 g/mol. The van der Waals surface area contributed by atoms with Gasteiger partial charge in [-0.2, -0.15) is 0 Å². The van der Waals surface area contributed by atoms with Crippen LogP contribution < -0.4 is 10.1 Å². The smallest absolute Gasteiger partial charge is 0.258 e. The summed E-state index contributed by atoms with van der Waals surface area (Å²) in [5, 5.41) is 3.75. The molecule has 0 saturated carbocycles. The molecule has 1 heterocycles. The molecule has 2 aromatic carbocycles. The van der Waals surface area contributed by atoms with Gasteiger partial charge >= 0.3 is 0 Å². The normalized spacial score (nSPS) is 15.9. The average molecular weight is 389 g/mol. The Morgan fingerprint density at radius 3 is 2.48 bits per heavy atom. The molecule has 1 fully saturated rings. The van der Waals surface area contributed by atoms with Crippen molar-refractivity contribution in [1.82, 2.24) is 10.2 Å². The van der Waals surface area contributed by atoms with Crippen molar-refractivity contribution in [3.8, 4) is 5.75 Å². The van der Waals surface area contributed by atoms with Crippen LogP contribution in [0.25, 0.3) is 0 Å². The van der Waals surface area contributed by atoms with Crippen molar-refractivity contribution >= 4 is 17.5 Å². The molecule has 6 heteroatoms. The molecule has 0 bridgehead atoms. The molecule has 144 valence electrons. The van der Waals surface area contributed by atoms with E-state index in [0.29, 0.717) is 10.8 Å². The second-order valence-corrected chi connectivity index (χ2v) is 7.12. The van der Waals surface area contributed by atoms with E-state index in [9.17, 15) is 4.79 Å². The third-order valence-corrected chi connectivity index (χ3v) is 4.79. The van der Waals surface area contributed by atoms with Crippen LogP contribution >= 0.6 is 11.6 Å². The first-order valence-electron chi connectivity index (χ1n) is 9.14. The van der Waals surface area contributed by atoms with Crippen LogP contribution in [0.5, 0.6) is 5.75 Å². The summed E-state index contributed by atoms with van der Waals surface area (Å²) in [5.74, 6) is 0.471. The second-order valence-electron chi connectivity index (χ2n) is 6.69. The second kappa shape index (κ2) is 9.74. The van der Waals surface area contributed by atoms with Gasteiger partial charge in [-0.15, -0.1) is 0 Å². The van der Waals surface area contributed by atoms with E-state index >= 15 is 0 Å². The third-order valence-electron chi connectivity index (χ3n) is 4.54. The maximum absolute atomic E-state index is 12.5. The molecule has 1 saturated heterocycles. The Balaban J connectivity index is 1.61. The highest BCUT2D eigenvalue weighted by molar-refractivity contribution is 6.30. The van der Waals surface area contributed by atoms with Crippen molar-refractivity contribution in [2.45, 2.75) is 13.0 Å². The van der Waals surface area contributed by atoms with Crippen molar-refractivity contribution in [3.63, 3.8) is 0 Å². The molecule has 1 N–H and O–H groups in total. The first-order valence-corrected chi connectivity index (χ1v) is 9.52.